The largest absolute Gasteiger partial charge is 0.496 e. The lowest BCUT2D eigenvalue weighted by atomic mass is 9.96. The Balaban J connectivity index is 1.35. The van der Waals surface area contributed by atoms with Gasteiger partial charge in [-0.05, 0) is 73.7 Å². The van der Waals surface area contributed by atoms with E-state index in [-0.39, 0.29) is 39.5 Å². The highest BCUT2D eigenvalue weighted by Gasteiger charge is 2.37. The van der Waals surface area contributed by atoms with Crippen LogP contribution in [-0.2, 0) is 19.6 Å². The molecule has 5 rings (SSSR count). The zero-order chi connectivity index (χ0) is 34.6. The average molecular weight is 692 g/mol. The van der Waals surface area contributed by atoms with Gasteiger partial charge >= 0.3 is 6.18 Å². The van der Waals surface area contributed by atoms with Crippen LogP contribution in [0.4, 0.5) is 24.7 Å². The number of methoxy groups -OCH3 is 3. The van der Waals surface area contributed by atoms with Gasteiger partial charge in [0.2, 0.25) is 0 Å². The van der Waals surface area contributed by atoms with Crippen LogP contribution in [0.3, 0.4) is 0 Å². The van der Waals surface area contributed by atoms with E-state index in [0.29, 0.717) is 43.5 Å². The Labute approximate surface area is 275 Å². The lowest BCUT2D eigenvalue weighted by molar-refractivity contribution is -0.213. The van der Waals surface area contributed by atoms with E-state index in [1.165, 1.54) is 33.5 Å². The minimum absolute atomic E-state index is 0.0814. The molecule has 0 saturated carbocycles. The maximum absolute atomic E-state index is 13.5. The molecular weight excluding hydrogens is 655 g/mol. The summed E-state index contributed by atoms with van der Waals surface area (Å²) in [5, 5.41) is 4.30. The first-order valence-corrected chi connectivity index (χ1v) is 16.6. The predicted octanol–water partition coefficient (Wildman–Crippen LogP) is 6.46. The Morgan fingerprint density at radius 3 is 2.33 bits per heavy atom. The molecule has 0 bridgehead atoms. The van der Waals surface area contributed by atoms with Crippen LogP contribution in [0.1, 0.15) is 26.2 Å². The zero-order valence-corrected chi connectivity index (χ0v) is 27.6. The molecule has 4 aromatic rings. The quantitative estimate of drug-likeness (QED) is 0.177. The van der Waals surface area contributed by atoms with Crippen LogP contribution >= 0.6 is 0 Å². The molecule has 3 aromatic carbocycles. The van der Waals surface area contributed by atoms with Crippen molar-refractivity contribution < 1.29 is 49.9 Å². The van der Waals surface area contributed by atoms with Crippen LogP contribution in [0, 0.1) is 5.92 Å². The first-order valence-electron chi connectivity index (χ1n) is 15.1. The molecule has 15 heteroatoms. The number of fused-ring (bicyclic) bond motifs is 1. The third-order valence-corrected chi connectivity index (χ3v) is 9.71. The van der Waals surface area contributed by atoms with Crippen molar-refractivity contribution in [3.8, 4) is 28.4 Å². The van der Waals surface area contributed by atoms with Crippen LogP contribution in [0.5, 0.6) is 17.2 Å². The second-order valence-electron chi connectivity index (χ2n) is 11.3. The van der Waals surface area contributed by atoms with Gasteiger partial charge in [0.1, 0.15) is 29.2 Å². The minimum Gasteiger partial charge on any atom is -0.496 e. The summed E-state index contributed by atoms with van der Waals surface area (Å²) in [7, 11) is -0.0905. The second kappa shape index (κ2) is 14.3. The zero-order valence-electron chi connectivity index (χ0n) is 26.8. The highest BCUT2D eigenvalue weighted by Crippen LogP contribution is 2.40. The Hall–Kier alpha value is -4.50. The molecule has 2 unspecified atom stereocenters. The van der Waals surface area contributed by atoms with E-state index in [1.807, 2.05) is 24.3 Å². The highest BCUT2D eigenvalue weighted by molar-refractivity contribution is 7.93. The summed E-state index contributed by atoms with van der Waals surface area (Å²) in [5.41, 5.74) is 2.71. The number of carbonyl (C=O) groups is 1. The number of ketones is 1. The third kappa shape index (κ3) is 7.46. The van der Waals surface area contributed by atoms with E-state index in [9.17, 15) is 26.4 Å². The fraction of sp³-hybridized carbons (Fsp3) is 0.394. The summed E-state index contributed by atoms with van der Waals surface area (Å²) >= 11 is 0. The van der Waals surface area contributed by atoms with E-state index in [1.54, 1.807) is 18.2 Å². The summed E-state index contributed by atoms with van der Waals surface area (Å²) in [6, 6.07) is 15.8. The van der Waals surface area contributed by atoms with Crippen molar-refractivity contribution >= 4 is 38.3 Å². The van der Waals surface area contributed by atoms with Crippen LogP contribution in [0.15, 0.2) is 64.0 Å². The van der Waals surface area contributed by atoms with Gasteiger partial charge < -0.3 is 28.4 Å². The Morgan fingerprint density at radius 1 is 0.979 bits per heavy atom. The molecule has 2 heterocycles. The molecule has 1 aliphatic heterocycles. The van der Waals surface area contributed by atoms with Gasteiger partial charge in [0.05, 0.1) is 21.3 Å². The smallest absolute Gasteiger partial charge is 0.414 e. The number of aromatic nitrogens is 1. The van der Waals surface area contributed by atoms with Gasteiger partial charge in [-0.3, -0.25) is 9.52 Å². The molecule has 1 N–H and O–H groups in total. The summed E-state index contributed by atoms with van der Waals surface area (Å²) < 4.78 is 94.4. The van der Waals surface area contributed by atoms with Gasteiger partial charge in [-0.25, -0.2) is 8.42 Å². The summed E-state index contributed by atoms with van der Waals surface area (Å²) in [4.78, 5) is 14.6. The number of sulfonamides is 1. The fourth-order valence-corrected chi connectivity index (χ4v) is 7.00. The molecule has 2 atom stereocenters. The van der Waals surface area contributed by atoms with Crippen molar-refractivity contribution in [2.24, 2.45) is 5.92 Å². The average Bonchev–Trinajstić information content (AvgIpc) is 3.30. The first-order chi connectivity index (χ1) is 22.9. The van der Waals surface area contributed by atoms with Crippen LogP contribution in [-0.4, -0.2) is 72.7 Å². The number of nitrogens with zero attached hydrogens (tertiary/aromatic N) is 2. The fourth-order valence-electron chi connectivity index (χ4n) is 5.67. The summed E-state index contributed by atoms with van der Waals surface area (Å²) in [5.74, 6) is -0.302. The topological polar surface area (TPSA) is 129 Å². The maximum atomic E-state index is 13.5. The Bertz CT molecular complexity index is 1860. The number of benzene rings is 3. The van der Waals surface area contributed by atoms with Gasteiger partial charge in [0, 0.05) is 24.7 Å². The van der Waals surface area contributed by atoms with Crippen molar-refractivity contribution in [3.05, 3.63) is 54.6 Å². The van der Waals surface area contributed by atoms with E-state index < -0.39 is 28.9 Å². The number of halogens is 3. The normalized spacial score (nSPS) is 16.3. The second-order valence-corrected chi connectivity index (χ2v) is 12.9. The molecule has 1 aliphatic rings. The van der Waals surface area contributed by atoms with Crippen molar-refractivity contribution in [1.82, 2.24) is 5.16 Å². The van der Waals surface area contributed by atoms with E-state index >= 15 is 0 Å². The number of hydrogen-bond acceptors (Lipinski definition) is 10. The standard InChI is InChI=1S/C33H36F3N3O8S/c1-20(33(34,35)36)46-19-25(40)21-9-7-14-39(15-13-21)24-10-5-8-22(16-24)23-17-28(45-4)30-29(18-23)47-37-32(30)38-48(41,42)31-26(43-2)11-6-12-27(31)44-3/h5-6,8,10-12,16-18,20-21H,7,9,13-15,19H2,1-4H3,(H,37,38). The van der Waals surface area contributed by atoms with Gasteiger partial charge in [0.25, 0.3) is 10.0 Å². The van der Waals surface area contributed by atoms with E-state index in [0.717, 1.165) is 23.7 Å². The molecular formula is C33H36F3N3O8S. The van der Waals surface area contributed by atoms with Crippen LogP contribution < -0.4 is 23.8 Å². The molecule has 48 heavy (non-hydrogen) atoms. The first kappa shape index (κ1) is 34.8. The number of carbonyl (C=O) groups excluding carboxylic acids is 1. The predicted molar refractivity (Wildman–Crippen MR) is 172 cm³/mol. The summed E-state index contributed by atoms with van der Waals surface area (Å²) in [6.07, 6.45) is -4.77. The van der Waals surface area contributed by atoms with Crippen molar-refractivity contribution in [2.75, 3.05) is 50.6 Å². The molecule has 0 spiro atoms. The number of Topliss-reactive ketones (excluding diaryl/α,β-unsaturated/α-hetero) is 1. The lowest BCUT2D eigenvalue weighted by Gasteiger charge is -2.23. The van der Waals surface area contributed by atoms with Gasteiger partial charge in [-0.1, -0.05) is 23.4 Å². The molecule has 1 aromatic heterocycles. The molecule has 11 nitrogen and oxygen atoms in total. The third-order valence-electron chi connectivity index (χ3n) is 8.30. The maximum Gasteiger partial charge on any atom is 0.414 e. The number of ether oxygens (including phenoxy) is 4. The number of nitrogens with one attached hydrogen (secondary N) is 1. The molecule has 1 fully saturated rings. The van der Waals surface area contributed by atoms with Gasteiger partial charge in [-0.2, -0.15) is 13.2 Å². The number of rotatable bonds is 12. The van der Waals surface area contributed by atoms with Gasteiger partial charge in [-0.15, -0.1) is 0 Å². The van der Waals surface area contributed by atoms with Crippen LogP contribution in [0.25, 0.3) is 22.1 Å². The molecule has 0 amide bonds. The number of hydrogen-bond donors (Lipinski definition) is 1. The van der Waals surface area contributed by atoms with Crippen molar-refractivity contribution in [3.63, 3.8) is 0 Å². The Morgan fingerprint density at radius 2 is 1.67 bits per heavy atom. The van der Waals surface area contributed by atoms with Crippen molar-refractivity contribution in [2.45, 2.75) is 43.4 Å². The molecule has 0 aliphatic carbocycles. The van der Waals surface area contributed by atoms with Crippen LogP contribution in [0.2, 0.25) is 0 Å². The molecule has 0 radical (unpaired) electrons. The monoisotopic (exact) mass is 691 g/mol. The highest BCUT2D eigenvalue weighted by atomic mass is 32.2. The SMILES string of the molecule is COc1cccc(OC)c1S(=O)(=O)Nc1noc2cc(-c3cccc(N4CCCC(C(=O)COC(C)C(F)(F)F)CC4)c3)cc(OC)c12. The molecule has 1 saturated heterocycles. The number of anilines is 2. The number of alkyl halides is 3. The van der Waals surface area contributed by atoms with E-state index in [2.05, 4.69) is 14.8 Å². The van der Waals surface area contributed by atoms with E-state index in [4.69, 9.17) is 23.5 Å². The summed E-state index contributed by atoms with van der Waals surface area (Å²) in [6.45, 7) is 1.54. The Kier molecular flexibility index (Phi) is 10.4. The van der Waals surface area contributed by atoms with Gasteiger partial charge in [0.15, 0.2) is 28.2 Å². The minimum atomic E-state index is -4.51. The lowest BCUT2D eigenvalue weighted by Crippen LogP contribution is -2.32. The van der Waals surface area contributed by atoms with Crippen molar-refractivity contribution in [1.29, 1.82) is 0 Å². The molecule has 258 valence electrons.